The van der Waals surface area contributed by atoms with Crippen molar-refractivity contribution in [3.63, 3.8) is 0 Å². The summed E-state index contributed by atoms with van der Waals surface area (Å²) in [6.45, 7) is 0. The van der Waals surface area contributed by atoms with Crippen LogP contribution in [0.4, 0.5) is 18.9 Å². The van der Waals surface area contributed by atoms with Crippen molar-refractivity contribution in [2.75, 3.05) is 4.90 Å². The fraction of sp³-hybridized carbons (Fsp3) is 0.429. The van der Waals surface area contributed by atoms with E-state index in [1.807, 2.05) is 0 Å². The topological polar surface area (TPSA) is 49.4 Å². The van der Waals surface area contributed by atoms with Gasteiger partial charge in [0.05, 0.1) is 13.4 Å². The zero-order valence-electron chi connectivity index (χ0n) is 16.3. The average Bonchev–Trinajstić information content (AvgIpc) is 3.25. The Labute approximate surface area is 178 Å². The predicted octanol–water partition coefficient (Wildman–Crippen LogP) is 4.88. The Morgan fingerprint density at radius 2 is 1.90 bits per heavy atom. The second kappa shape index (κ2) is 9.68. The van der Waals surface area contributed by atoms with Crippen LogP contribution < -0.4 is 10.2 Å². The minimum absolute atomic E-state index is 0.00921. The summed E-state index contributed by atoms with van der Waals surface area (Å²) in [4.78, 5) is 27.7. The van der Waals surface area contributed by atoms with E-state index >= 15 is 0 Å². The molecule has 2 amide bonds. The molecule has 1 aliphatic rings. The number of amides is 2. The van der Waals surface area contributed by atoms with Gasteiger partial charge in [0, 0.05) is 16.6 Å². The van der Waals surface area contributed by atoms with E-state index in [1.54, 1.807) is 17.5 Å². The largest absolute Gasteiger partial charge is 0.416 e. The van der Waals surface area contributed by atoms with Crippen LogP contribution in [0.25, 0.3) is 0 Å². The van der Waals surface area contributed by atoms with Gasteiger partial charge in [0.15, 0.2) is 0 Å². The molecule has 1 heterocycles. The van der Waals surface area contributed by atoms with Crippen LogP contribution in [0, 0.1) is 0 Å². The molecule has 9 heteroatoms. The number of nitrogens with zero attached hydrogens (tertiary/aromatic N) is 1. The van der Waals surface area contributed by atoms with E-state index in [2.05, 4.69) is 5.32 Å². The zero-order valence-corrected chi connectivity index (χ0v) is 17.1. The fourth-order valence-electron chi connectivity index (χ4n) is 3.72. The van der Waals surface area contributed by atoms with E-state index in [1.165, 1.54) is 23.5 Å². The highest BCUT2D eigenvalue weighted by Crippen LogP contribution is 2.36. The van der Waals surface area contributed by atoms with Crippen molar-refractivity contribution in [3.8, 4) is 0 Å². The first-order valence-electron chi connectivity index (χ1n) is 9.84. The first kappa shape index (κ1) is 22.4. The summed E-state index contributed by atoms with van der Waals surface area (Å²) in [5.74, 6) is -1.05. The summed E-state index contributed by atoms with van der Waals surface area (Å²) in [5, 5.41) is 4.75. The third-order valence-electron chi connectivity index (χ3n) is 5.17. The number of benzene rings is 1. The van der Waals surface area contributed by atoms with Gasteiger partial charge in [0.25, 0.3) is 0 Å². The Morgan fingerprint density at radius 1 is 1.17 bits per heavy atom. The van der Waals surface area contributed by atoms with Gasteiger partial charge < -0.3 is 5.32 Å². The van der Waals surface area contributed by atoms with Crippen LogP contribution in [0.2, 0.25) is 6.32 Å². The van der Waals surface area contributed by atoms with E-state index in [-0.39, 0.29) is 11.7 Å². The van der Waals surface area contributed by atoms with Gasteiger partial charge >= 0.3 is 6.18 Å². The number of halogens is 3. The lowest BCUT2D eigenvalue weighted by atomic mass is 9.95. The van der Waals surface area contributed by atoms with Gasteiger partial charge in [-0.2, -0.15) is 13.2 Å². The molecule has 1 aliphatic carbocycles. The Kier molecular flexibility index (Phi) is 7.23. The predicted molar refractivity (Wildman–Crippen MR) is 112 cm³/mol. The highest BCUT2D eigenvalue weighted by Gasteiger charge is 2.36. The van der Waals surface area contributed by atoms with Gasteiger partial charge in [-0.05, 0) is 48.8 Å². The van der Waals surface area contributed by atoms with Crippen LogP contribution in [0.3, 0.4) is 0 Å². The van der Waals surface area contributed by atoms with Crippen molar-refractivity contribution in [1.29, 1.82) is 0 Å². The minimum atomic E-state index is -4.57. The number of nitrogens with one attached hydrogen (secondary N) is 1. The second-order valence-electron chi connectivity index (χ2n) is 7.28. The molecule has 0 bridgehead atoms. The van der Waals surface area contributed by atoms with Gasteiger partial charge in [0.1, 0.15) is 6.04 Å². The third kappa shape index (κ3) is 5.25. The number of carbonyl (C=O) groups is 2. The maximum Gasteiger partial charge on any atom is 0.416 e. The first-order chi connectivity index (χ1) is 14.3. The second-order valence-corrected chi connectivity index (χ2v) is 8.26. The molecule has 1 N–H and O–H groups in total. The number of rotatable bonds is 6. The normalized spacial score (nSPS) is 16.1. The first-order valence-corrected chi connectivity index (χ1v) is 10.7. The molecule has 4 nitrogen and oxygen atoms in total. The molecule has 0 saturated heterocycles. The van der Waals surface area contributed by atoms with Crippen LogP contribution in [-0.2, 0) is 15.8 Å². The highest BCUT2D eigenvalue weighted by atomic mass is 32.1. The number of hydrogen-bond donors (Lipinski definition) is 1. The molecule has 0 aliphatic heterocycles. The van der Waals surface area contributed by atoms with E-state index < -0.39 is 35.9 Å². The van der Waals surface area contributed by atoms with Gasteiger partial charge in [-0.25, -0.2) is 0 Å². The number of alkyl halides is 3. The summed E-state index contributed by atoms with van der Waals surface area (Å²) in [6, 6.07) is 6.74. The number of carbonyl (C=O) groups excluding carboxylic acids is 2. The summed E-state index contributed by atoms with van der Waals surface area (Å²) in [6.07, 6.45) is -0.191. The van der Waals surface area contributed by atoms with Crippen molar-refractivity contribution in [3.05, 3.63) is 52.2 Å². The monoisotopic (exact) mass is 434 g/mol. The molecule has 1 aromatic heterocycles. The Hall–Kier alpha value is -2.29. The lowest BCUT2D eigenvalue weighted by molar-refractivity contribution is -0.137. The van der Waals surface area contributed by atoms with Crippen molar-refractivity contribution >= 4 is 36.7 Å². The summed E-state index contributed by atoms with van der Waals surface area (Å²) in [5.41, 5.74) is -0.912. The lowest BCUT2D eigenvalue weighted by Crippen LogP contribution is -2.47. The van der Waals surface area contributed by atoms with E-state index in [0.29, 0.717) is 4.88 Å². The quantitative estimate of drug-likeness (QED) is 0.660. The van der Waals surface area contributed by atoms with E-state index in [0.717, 1.165) is 49.1 Å². The Balaban J connectivity index is 2.00. The van der Waals surface area contributed by atoms with Gasteiger partial charge in [-0.15, -0.1) is 11.3 Å². The van der Waals surface area contributed by atoms with Crippen LogP contribution in [0.15, 0.2) is 41.8 Å². The minimum Gasteiger partial charge on any atom is -0.351 e. The van der Waals surface area contributed by atoms with Gasteiger partial charge in [-0.1, -0.05) is 31.4 Å². The van der Waals surface area contributed by atoms with Crippen LogP contribution in [0.5, 0.6) is 0 Å². The molecule has 158 valence electrons. The molecule has 1 saturated carbocycles. The van der Waals surface area contributed by atoms with Gasteiger partial charge in [-0.3, -0.25) is 14.5 Å². The Morgan fingerprint density at radius 3 is 2.50 bits per heavy atom. The fourth-order valence-corrected chi connectivity index (χ4v) is 4.53. The lowest BCUT2D eigenvalue weighted by Gasteiger charge is -2.33. The molecule has 3 rings (SSSR count). The van der Waals surface area contributed by atoms with Crippen LogP contribution >= 0.6 is 11.3 Å². The molecular weight excluding hydrogens is 412 g/mol. The highest BCUT2D eigenvalue weighted by molar-refractivity contribution is 7.10. The summed E-state index contributed by atoms with van der Waals surface area (Å²) < 4.78 is 39.8. The van der Waals surface area contributed by atoms with Crippen molar-refractivity contribution in [1.82, 2.24) is 5.32 Å². The molecule has 1 atom stereocenters. The van der Waals surface area contributed by atoms with Crippen LogP contribution in [-0.4, -0.2) is 25.7 Å². The van der Waals surface area contributed by atoms with Crippen LogP contribution in [0.1, 0.15) is 48.6 Å². The molecule has 30 heavy (non-hydrogen) atoms. The van der Waals surface area contributed by atoms with Crippen molar-refractivity contribution < 1.29 is 22.8 Å². The van der Waals surface area contributed by atoms with Gasteiger partial charge in [0.2, 0.25) is 11.8 Å². The molecule has 1 unspecified atom stereocenters. The molecule has 0 spiro atoms. The zero-order chi connectivity index (χ0) is 21.7. The molecular formula is C21H22BF3N2O2S. The SMILES string of the molecule is [B]CC(=O)N(c1cccc(C(F)(F)F)c1)C(C(=O)NC1CCCCC1)c1cccs1. The van der Waals surface area contributed by atoms with Crippen molar-refractivity contribution in [2.45, 2.75) is 56.7 Å². The van der Waals surface area contributed by atoms with E-state index in [4.69, 9.17) is 7.85 Å². The molecule has 2 aromatic rings. The van der Waals surface area contributed by atoms with Crippen molar-refractivity contribution in [2.24, 2.45) is 0 Å². The number of thiophene rings is 1. The maximum absolute atomic E-state index is 13.3. The Bertz CT molecular complexity index is 867. The molecule has 1 fully saturated rings. The maximum atomic E-state index is 13.3. The third-order valence-corrected chi connectivity index (χ3v) is 6.09. The number of hydrogen-bond acceptors (Lipinski definition) is 3. The van der Waals surface area contributed by atoms with E-state index in [9.17, 15) is 22.8 Å². The number of anilines is 1. The average molecular weight is 434 g/mol. The molecule has 1 aromatic carbocycles. The molecule has 2 radical (unpaired) electrons. The summed E-state index contributed by atoms with van der Waals surface area (Å²) in [7, 11) is 5.57. The smallest absolute Gasteiger partial charge is 0.351 e. The summed E-state index contributed by atoms with van der Waals surface area (Å²) >= 11 is 1.26. The standard InChI is InChI=1S/C21H22BF3N2O2S/c22-13-18(28)27(16-9-4-6-14(12-16)21(23,24)25)19(17-10-5-11-30-17)20(29)26-15-7-2-1-3-8-15/h4-6,9-12,15,19H,1-3,7-8,13H2,(H,26,29).